The lowest BCUT2D eigenvalue weighted by Crippen LogP contribution is -2.39. The molecule has 0 saturated carbocycles. The molecule has 1 unspecified atom stereocenters. The number of amides is 1. The number of rotatable bonds is 5. The first kappa shape index (κ1) is 14.4. The zero-order valence-corrected chi connectivity index (χ0v) is 10.6. The summed E-state index contributed by atoms with van der Waals surface area (Å²) in [4.78, 5) is 11.9. The predicted octanol–water partition coefficient (Wildman–Crippen LogP) is 1.54. The number of aliphatic hydroxyl groups is 1. The second-order valence-electron chi connectivity index (χ2n) is 4.58. The second kappa shape index (κ2) is 6.35. The number of nitrogens with two attached hydrogens (primary N) is 1. The maximum absolute atomic E-state index is 13.5. The van der Waals surface area contributed by atoms with Gasteiger partial charge < -0.3 is 16.2 Å². The Morgan fingerprint density at radius 3 is 2.67 bits per heavy atom. The van der Waals surface area contributed by atoms with Gasteiger partial charge in [0.2, 0.25) is 0 Å². The molecule has 0 aliphatic heterocycles. The summed E-state index contributed by atoms with van der Waals surface area (Å²) in [5.74, 6) is -0.961. The van der Waals surface area contributed by atoms with Crippen LogP contribution in [-0.4, -0.2) is 23.7 Å². The number of hydrogen-bond donors (Lipinski definition) is 3. The van der Waals surface area contributed by atoms with Crippen molar-refractivity contribution < 1.29 is 14.3 Å². The van der Waals surface area contributed by atoms with Crippen LogP contribution in [0.3, 0.4) is 0 Å². The third-order valence-corrected chi connectivity index (χ3v) is 2.80. The van der Waals surface area contributed by atoms with E-state index in [1.165, 1.54) is 12.1 Å². The highest BCUT2D eigenvalue weighted by molar-refractivity contribution is 5.95. The molecule has 18 heavy (non-hydrogen) atoms. The van der Waals surface area contributed by atoms with E-state index in [0.717, 1.165) is 6.07 Å². The largest absolute Gasteiger partial charge is 0.399 e. The van der Waals surface area contributed by atoms with Gasteiger partial charge in [0, 0.05) is 18.3 Å². The summed E-state index contributed by atoms with van der Waals surface area (Å²) in [6, 6.07) is 3.77. The molecule has 1 atom stereocenters. The molecule has 0 aliphatic rings. The fourth-order valence-corrected chi connectivity index (χ4v) is 1.67. The number of benzene rings is 1. The molecule has 0 heterocycles. The standard InChI is InChI=1S/C13H19FN2O2/c1-8(2)12(5-6-17)16-13(18)10-4-3-9(15)7-11(10)14/h3-4,7-8,12,17H,5-6,15H2,1-2H3,(H,16,18). The molecular formula is C13H19FN2O2. The minimum atomic E-state index is -0.640. The maximum Gasteiger partial charge on any atom is 0.254 e. The summed E-state index contributed by atoms with van der Waals surface area (Å²) in [5.41, 5.74) is 5.66. The Hall–Kier alpha value is -1.62. The van der Waals surface area contributed by atoms with Gasteiger partial charge in [0.05, 0.1) is 5.56 Å². The number of carbonyl (C=O) groups excluding carboxylic acids is 1. The number of nitrogens with one attached hydrogen (secondary N) is 1. The molecule has 0 saturated heterocycles. The molecule has 4 N–H and O–H groups in total. The summed E-state index contributed by atoms with van der Waals surface area (Å²) in [7, 11) is 0. The van der Waals surface area contributed by atoms with E-state index in [1.807, 2.05) is 13.8 Å². The summed E-state index contributed by atoms with van der Waals surface area (Å²) >= 11 is 0. The van der Waals surface area contributed by atoms with E-state index in [4.69, 9.17) is 10.8 Å². The number of halogens is 1. The molecule has 1 amide bonds. The third-order valence-electron chi connectivity index (χ3n) is 2.80. The topological polar surface area (TPSA) is 75.3 Å². The zero-order chi connectivity index (χ0) is 13.7. The third kappa shape index (κ3) is 3.70. The molecule has 1 aromatic rings. The van der Waals surface area contributed by atoms with Gasteiger partial charge >= 0.3 is 0 Å². The van der Waals surface area contributed by atoms with Crippen molar-refractivity contribution >= 4 is 11.6 Å². The normalized spacial score (nSPS) is 12.5. The lowest BCUT2D eigenvalue weighted by Gasteiger charge is -2.21. The van der Waals surface area contributed by atoms with E-state index in [9.17, 15) is 9.18 Å². The van der Waals surface area contributed by atoms with Crippen LogP contribution in [0.25, 0.3) is 0 Å². The van der Waals surface area contributed by atoms with Crippen LogP contribution >= 0.6 is 0 Å². The van der Waals surface area contributed by atoms with Crippen molar-refractivity contribution in [2.75, 3.05) is 12.3 Å². The highest BCUT2D eigenvalue weighted by Gasteiger charge is 2.18. The molecular weight excluding hydrogens is 235 g/mol. The number of nitrogen functional groups attached to an aromatic ring is 1. The van der Waals surface area contributed by atoms with E-state index in [-0.39, 0.29) is 29.8 Å². The number of hydrogen-bond acceptors (Lipinski definition) is 3. The smallest absolute Gasteiger partial charge is 0.254 e. The molecule has 100 valence electrons. The average Bonchev–Trinajstić information content (AvgIpc) is 2.27. The fraction of sp³-hybridized carbons (Fsp3) is 0.462. The molecule has 1 aromatic carbocycles. The Balaban J connectivity index is 2.80. The first-order valence-electron chi connectivity index (χ1n) is 5.92. The van der Waals surface area contributed by atoms with Crippen molar-refractivity contribution in [2.45, 2.75) is 26.3 Å². The fourth-order valence-electron chi connectivity index (χ4n) is 1.67. The Labute approximate surface area is 106 Å². The molecule has 4 nitrogen and oxygen atoms in total. The first-order valence-corrected chi connectivity index (χ1v) is 5.92. The summed E-state index contributed by atoms with van der Waals surface area (Å²) < 4.78 is 13.5. The van der Waals surface area contributed by atoms with E-state index in [1.54, 1.807) is 0 Å². The molecule has 0 aliphatic carbocycles. The number of aliphatic hydroxyl groups excluding tert-OH is 1. The van der Waals surface area contributed by atoms with Gasteiger partial charge in [-0.3, -0.25) is 4.79 Å². The predicted molar refractivity (Wildman–Crippen MR) is 68.6 cm³/mol. The van der Waals surface area contributed by atoms with Crippen molar-refractivity contribution in [3.63, 3.8) is 0 Å². The van der Waals surface area contributed by atoms with Gasteiger partial charge in [0.25, 0.3) is 5.91 Å². The van der Waals surface area contributed by atoms with Crippen LogP contribution in [0.1, 0.15) is 30.6 Å². The lowest BCUT2D eigenvalue weighted by atomic mass is 10.0. The summed E-state index contributed by atoms with van der Waals surface area (Å²) in [6.07, 6.45) is 0.444. The molecule has 0 spiro atoms. The highest BCUT2D eigenvalue weighted by atomic mass is 19.1. The lowest BCUT2D eigenvalue weighted by molar-refractivity contribution is 0.0912. The Kier molecular flexibility index (Phi) is 5.09. The SMILES string of the molecule is CC(C)C(CCO)NC(=O)c1ccc(N)cc1F. The van der Waals surface area contributed by atoms with Gasteiger partial charge in [0.15, 0.2) is 0 Å². The van der Waals surface area contributed by atoms with Gasteiger partial charge in [0.1, 0.15) is 5.82 Å². The van der Waals surface area contributed by atoms with Crippen LogP contribution in [-0.2, 0) is 0 Å². The highest BCUT2D eigenvalue weighted by Crippen LogP contribution is 2.13. The summed E-state index contributed by atoms with van der Waals surface area (Å²) in [5, 5.41) is 11.6. The average molecular weight is 254 g/mol. The first-order chi connectivity index (χ1) is 8.45. The van der Waals surface area contributed by atoms with E-state index in [2.05, 4.69) is 5.32 Å². The van der Waals surface area contributed by atoms with Crippen LogP contribution in [0.15, 0.2) is 18.2 Å². The van der Waals surface area contributed by atoms with E-state index in [0.29, 0.717) is 6.42 Å². The minimum Gasteiger partial charge on any atom is -0.399 e. The van der Waals surface area contributed by atoms with Crippen molar-refractivity contribution in [1.82, 2.24) is 5.32 Å². The van der Waals surface area contributed by atoms with Gasteiger partial charge in [-0.05, 0) is 30.5 Å². The van der Waals surface area contributed by atoms with Crippen LogP contribution in [0.4, 0.5) is 10.1 Å². The van der Waals surface area contributed by atoms with Crippen molar-refractivity contribution in [2.24, 2.45) is 5.92 Å². The molecule has 1 rings (SSSR count). The van der Waals surface area contributed by atoms with Gasteiger partial charge in [-0.25, -0.2) is 4.39 Å². The molecule has 5 heteroatoms. The van der Waals surface area contributed by atoms with Crippen LogP contribution in [0.5, 0.6) is 0 Å². The molecule has 0 bridgehead atoms. The minimum absolute atomic E-state index is 0.0205. The van der Waals surface area contributed by atoms with Crippen LogP contribution in [0, 0.1) is 11.7 Å². The van der Waals surface area contributed by atoms with Crippen LogP contribution < -0.4 is 11.1 Å². The zero-order valence-electron chi connectivity index (χ0n) is 10.6. The van der Waals surface area contributed by atoms with Gasteiger partial charge in [-0.1, -0.05) is 13.8 Å². The Bertz CT molecular complexity index is 421. The van der Waals surface area contributed by atoms with Gasteiger partial charge in [-0.15, -0.1) is 0 Å². The van der Waals surface area contributed by atoms with Gasteiger partial charge in [-0.2, -0.15) is 0 Å². The van der Waals surface area contributed by atoms with Crippen LogP contribution in [0.2, 0.25) is 0 Å². The quantitative estimate of drug-likeness (QED) is 0.698. The number of carbonyl (C=O) groups is 1. The Morgan fingerprint density at radius 2 is 2.17 bits per heavy atom. The monoisotopic (exact) mass is 254 g/mol. The second-order valence-corrected chi connectivity index (χ2v) is 4.58. The van der Waals surface area contributed by atoms with Crippen molar-refractivity contribution in [3.8, 4) is 0 Å². The van der Waals surface area contributed by atoms with E-state index >= 15 is 0 Å². The molecule has 0 radical (unpaired) electrons. The Morgan fingerprint density at radius 1 is 1.50 bits per heavy atom. The summed E-state index contributed by atoms with van der Waals surface area (Å²) in [6.45, 7) is 3.84. The van der Waals surface area contributed by atoms with Crippen molar-refractivity contribution in [1.29, 1.82) is 0 Å². The maximum atomic E-state index is 13.5. The molecule has 0 aromatic heterocycles. The number of anilines is 1. The van der Waals surface area contributed by atoms with E-state index < -0.39 is 11.7 Å². The van der Waals surface area contributed by atoms with Crippen molar-refractivity contribution in [3.05, 3.63) is 29.6 Å². The molecule has 0 fully saturated rings.